The van der Waals surface area contributed by atoms with Crippen LogP contribution in [-0.4, -0.2) is 37.2 Å². The Kier molecular flexibility index (Phi) is 2.89. The predicted octanol–water partition coefficient (Wildman–Crippen LogP) is 1.75. The minimum Gasteiger partial charge on any atom is -0.380 e. The van der Waals surface area contributed by atoms with E-state index in [9.17, 15) is 0 Å². The summed E-state index contributed by atoms with van der Waals surface area (Å²) in [6.07, 6.45) is 2.88. The number of hydrogen-bond acceptors (Lipinski definition) is 2. The highest BCUT2D eigenvalue weighted by atomic mass is 16.5. The van der Waals surface area contributed by atoms with Crippen LogP contribution < -0.4 is 0 Å². The summed E-state index contributed by atoms with van der Waals surface area (Å²) in [7, 11) is 0. The molecule has 1 aliphatic carbocycles. The van der Waals surface area contributed by atoms with Crippen molar-refractivity contribution in [1.82, 2.24) is 4.90 Å². The molecule has 1 saturated heterocycles. The first-order chi connectivity index (χ1) is 6.31. The molecule has 13 heavy (non-hydrogen) atoms. The number of piperidine rings is 1. The molecule has 3 unspecified atom stereocenters. The summed E-state index contributed by atoms with van der Waals surface area (Å²) in [5.74, 6) is 1.97. The monoisotopic (exact) mass is 183 g/mol. The maximum atomic E-state index is 5.39. The molecule has 0 aromatic heterocycles. The molecule has 0 radical (unpaired) electrons. The highest BCUT2D eigenvalue weighted by molar-refractivity contribution is 4.95. The third-order valence-corrected chi connectivity index (χ3v) is 3.74. The van der Waals surface area contributed by atoms with Gasteiger partial charge in [0.15, 0.2) is 0 Å². The summed E-state index contributed by atoms with van der Waals surface area (Å²) < 4.78 is 5.39. The van der Waals surface area contributed by atoms with Crippen LogP contribution in [0.25, 0.3) is 0 Å². The van der Waals surface area contributed by atoms with Crippen LogP contribution in [0.15, 0.2) is 0 Å². The average molecular weight is 183 g/mol. The minimum atomic E-state index is 0.859. The van der Waals surface area contributed by atoms with Crippen molar-refractivity contribution in [3.8, 4) is 0 Å². The smallest absolute Gasteiger partial charge is 0.0593 e. The van der Waals surface area contributed by atoms with Gasteiger partial charge in [0.05, 0.1) is 6.61 Å². The Morgan fingerprint density at radius 2 is 2.23 bits per heavy atom. The van der Waals surface area contributed by atoms with Crippen LogP contribution in [0.1, 0.15) is 26.7 Å². The Bertz CT molecular complexity index is 169. The topological polar surface area (TPSA) is 12.5 Å². The number of likely N-dealkylation sites (tertiary alicyclic amines) is 1. The van der Waals surface area contributed by atoms with Crippen molar-refractivity contribution >= 4 is 0 Å². The molecule has 0 N–H and O–H groups in total. The summed E-state index contributed by atoms with van der Waals surface area (Å²) in [5.41, 5.74) is 0. The van der Waals surface area contributed by atoms with Gasteiger partial charge >= 0.3 is 0 Å². The maximum Gasteiger partial charge on any atom is 0.0593 e. The van der Waals surface area contributed by atoms with Crippen LogP contribution >= 0.6 is 0 Å². The molecule has 2 heteroatoms. The van der Waals surface area contributed by atoms with Crippen molar-refractivity contribution in [3.63, 3.8) is 0 Å². The van der Waals surface area contributed by atoms with Gasteiger partial charge in [-0.1, -0.05) is 6.92 Å². The van der Waals surface area contributed by atoms with Crippen LogP contribution in [0.5, 0.6) is 0 Å². The average Bonchev–Trinajstić information content (AvgIpc) is 2.63. The fourth-order valence-electron chi connectivity index (χ4n) is 2.90. The van der Waals surface area contributed by atoms with Gasteiger partial charge in [0.25, 0.3) is 0 Å². The van der Waals surface area contributed by atoms with E-state index in [-0.39, 0.29) is 0 Å². The quantitative estimate of drug-likeness (QED) is 0.616. The molecule has 2 aliphatic rings. The van der Waals surface area contributed by atoms with Gasteiger partial charge in [0.2, 0.25) is 0 Å². The zero-order chi connectivity index (χ0) is 9.26. The van der Waals surface area contributed by atoms with Gasteiger partial charge in [-0.3, -0.25) is 4.90 Å². The number of fused-ring (bicyclic) bond motifs is 2. The van der Waals surface area contributed by atoms with Crippen molar-refractivity contribution in [2.24, 2.45) is 11.8 Å². The van der Waals surface area contributed by atoms with Crippen LogP contribution in [-0.2, 0) is 4.74 Å². The predicted molar refractivity (Wildman–Crippen MR) is 53.7 cm³/mol. The highest BCUT2D eigenvalue weighted by Crippen LogP contribution is 2.41. The summed E-state index contributed by atoms with van der Waals surface area (Å²) in [5, 5.41) is 0. The summed E-state index contributed by atoms with van der Waals surface area (Å²) >= 11 is 0. The molecular weight excluding hydrogens is 162 g/mol. The maximum absolute atomic E-state index is 5.39. The van der Waals surface area contributed by atoms with Crippen molar-refractivity contribution < 1.29 is 4.74 Å². The Morgan fingerprint density at radius 1 is 1.38 bits per heavy atom. The molecule has 1 heterocycles. The van der Waals surface area contributed by atoms with Gasteiger partial charge in [-0.25, -0.2) is 0 Å². The number of rotatable bonds is 4. The molecule has 0 amide bonds. The molecule has 0 aromatic rings. The van der Waals surface area contributed by atoms with Gasteiger partial charge in [-0.2, -0.15) is 0 Å². The lowest BCUT2D eigenvalue weighted by Crippen LogP contribution is -2.37. The molecule has 2 rings (SSSR count). The van der Waals surface area contributed by atoms with E-state index in [1.54, 1.807) is 0 Å². The Labute approximate surface area is 81.3 Å². The van der Waals surface area contributed by atoms with Crippen molar-refractivity contribution in [1.29, 1.82) is 0 Å². The van der Waals surface area contributed by atoms with Crippen molar-refractivity contribution in [2.75, 3.05) is 26.3 Å². The van der Waals surface area contributed by atoms with Crippen LogP contribution in [0.3, 0.4) is 0 Å². The third kappa shape index (κ3) is 1.89. The first-order valence-electron chi connectivity index (χ1n) is 5.63. The SMILES string of the molecule is CCOCCN1CC2CC1CC2C. The van der Waals surface area contributed by atoms with E-state index in [1.807, 2.05) is 0 Å². The number of ether oxygens (including phenoxy) is 1. The van der Waals surface area contributed by atoms with E-state index in [0.717, 1.165) is 37.6 Å². The highest BCUT2D eigenvalue weighted by Gasteiger charge is 2.41. The van der Waals surface area contributed by atoms with E-state index >= 15 is 0 Å². The largest absolute Gasteiger partial charge is 0.380 e. The molecule has 1 saturated carbocycles. The third-order valence-electron chi connectivity index (χ3n) is 3.74. The van der Waals surface area contributed by atoms with Gasteiger partial charge in [0.1, 0.15) is 0 Å². The molecule has 76 valence electrons. The van der Waals surface area contributed by atoms with Gasteiger partial charge in [-0.15, -0.1) is 0 Å². The van der Waals surface area contributed by atoms with Crippen molar-refractivity contribution in [2.45, 2.75) is 32.7 Å². The fourth-order valence-corrected chi connectivity index (χ4v) is 2.90. The lowest BCUT2D eigenvalue weighted by atomic mass is 9.97. The van der Waals surface area contributed by atoms with Crippen molar-refractivity contribution in [3.05, 3.63) is 0 Å². The first kappa shape index (κ1) is 9.47. The van der Waals surface area contributed by atoms with Gasteiger partial charge in [0, 0.05) is 25.7 Å². The molecular formula is C11H21NO. The molecule has 0 spiro atoms. The second-order valence-electron chi connectivity index (χ2n) is 4.55. The lowest BCUT2D eigenvalue weighted by molar-refractivity contribution is 0.0930. The van der Waals surface area contributed by atoms with E-state index in [4.69, 9.17) is 4.74 Å². The van der Waals surface area contributed by atoms with E-state index in [2.05, 4.69) is 18.7 Å². The fraction of sp³-hybridized carbons (Fsp3) is 1.00. The standard InChI is InChI=1S/C11H21NO/c1-3-13-5-4-12-8-10-7-11(12)6-9(10)2/h9-11H,3-8H2,1-2H3. The molecule has 2 bridgehead atoms. The Hall–Kier alpha value is -0.0800. The molecule has 2 fully saturated rings. The van der Waals surface area contributed by atoms with Crippen LogP contribution in [0.4, 0.5) is 0 Å². The number of hydrogen-bond donors (Lipinski definition) is 0. The first-order valence-corrected chi connectivity index (χ1v) is 5.63. The molecule has 3 atom stereocenters. The van der Waals surface area contributed by atoms with E-state index < -0.39 is 0 Å². The Morgan fingerprint density at radius 3 is 2.77 bits per heavy atom. The molecule has 0 aromatic carbocycles. The Balaban J connectivity index is 1.73. The molecule has 1 aliphatic heterocycles. The zero-order valence-corrected chi connectivity index (χ0v) is 8.83. The summed E-state index contributed by atoms with van der Waals surface area (Å²) in [6.45, 7) is 8.75. The lowest BCUT2D eigenvalue weighted by Gasteiger charge is -2.29. The second-order valence-corrected chi connectivity index (χ2v) is 4.55. The van der Waals surface area contributed by atoms with Gasteiger partial charge < -0.3 is 4.74 Å². The molecule has 2 nitrogen and oxygen atoms in total. The van der Waals surface area contributed by atoms with Crippen LogP contribution in [0.2, 0.25) is 0 Å². The summed E-state index contributed by atoms with van der Waals surface area (Å²) in [4.78, 5) is 2.63. The summed E-state index contributed by atoms with van der Waals surface area (Å²) in [6, 6.07) is 0.889. The van der Waals surface area contributed by atoms with E-state index in [0.29, 0.717) is 0 Å². The minimum absolute atomic E-state index is 0.859. The van der Waals surface area contributed by atoms with Crippen LogP contribution in [0, 0.1) is 11.8 Å². The van der Waals surface area contributed by atoms with E-state index in [1.165, 1.54) is 19.4 Å². The number of nitrogens with zero attached hydrogens (tertiary/aromatic N) is 1. The zero-order valence-electron chi connectivity index (χ0n) is 8.83. The van der Waals surface area contributed by atoms with Gasteiger partial charge in [-0.05, 0) is 31.6 Å². The normalized spacial score (nSPS) is 38.8. The second kappa shape index (κ2) is 3.97.